The summed E-state index contributed by atoms with van der Waals surface area (Å²) in [5.41, 5.74) is 2.93. The molecule has 1 saturated heterocycles. The van der Waals surface area contributed by atoms with Crippen molar-refractivity contribution in [1.82, 2.24) is 24.3 Å². The van der Waals surface area contributed by atoms with Gasteiger partial charge in [0.2, 0.25) is 11.9 Å². The second kappa shape index (κ2) is 14.0. The lowest BCUT2D eigenvalue weighted by molar-refractivity contribution is -0.149. The molecule has 2 aromatic carbocycles. The number of benzene rings is 2. The Morgan fingerprint density at radius 3 is 2.41 bits per heavy atom. The Balaban J connectivity index is 1.30. The number of piperidine rings is 1. The largest absolute Gasteiger partial charge is 0.495 e. The van der Waals surface area contributed by atoms with Crippen molar-refractivity contribution in [2.45, 2.75) is 25.1 Å². The third-order valence-corrected chi connectivity index (χ3v) is 8.72. The zero-order valence-electron chi connectivity index (χ0n) is 26.3. The summed E-state index contributed by atoms with van der Waals surface area (Å²) in [7, 11) is 2.99. The van der Waals surface area contributed by atoms with E-state index < -0.39 is 18.6 Å². The highest BCUT2D eigenvalue weighted by molar-refractivity contribution is 6.41. The SMILES string of the molecule is C=CC(=O)Nc1cc(OC2CCN(CC(F)(F)F)CC2)ccc1Nc1ncc2cc(-c3c(Cl)c(OC)cc(OC)c3Cl)c3nccn3c2n1. The fraction of sp³-hybridized carbons (Fsp3) is 0.273. The van der Waals surface area contributed by atoms with Crippen LogP contribution in [0.3, 0.4) is 0 Å². The van der Waals surface area contributed by atoms with Crippen molar-refractivity contribution < 1.29 is 32.2 Å². The molecule has 11 nitrogen and oxygen atoms in total. The summed E-state index contributed by atoms with van der Waals surface area (Å²) in [5, 5.41) is 7.12. The number of amides is 1. The number of carbonyl (C=O) groups is 1. The lowest BCUT2D eigenvalue weighted by Crippen LogP contribution is -2.42. The number of anilines is 3. The van der Waals surface area contributed by atoms with Crippen LogP contribution in [0, 0.1) is 0 Å². The molecular formula is C33H30Cl2F3N7O4. The molecule has 1 amide bonds. The Bertz CT molecular complexity index is 2020. The summed E-state index contributed by atoms with van der Waals surface area (Å²) in [6.45, 7) is 3.11. The first-order valence-corrected chi connectivity index (χ1v) is 15.8. The first-order valence-electron chi connectivity index (χ1n) is 15.0. The molecule has 2 N–H and O–H groups in total. The normalized spacial score (nSPS) is 14.2. The lowest BCUT2D eigenvalue weighted by atomic mass is 10.0. The Hall–Kier alpha value is -4.79. The highest BCUT2D eigenvalue weighted by Gasteiger charge is 2.33. The van der Waals surface area contributed by atoms with E-state index in [0.29, 0.717) is 69.3 Å². The molecule has 0 bridgehead atoms. The van der Waals surface area contributed by atoms with Gasteiger partial charge in [-0.2, -0.15) is 18.2 Å². The number of rotatable bonds is 10. The number of hydrogen-bond acceptors (Lipinski definition) is 9. The molecule has 0 radical (unpaired) electrons. The van der Waals surface area contributed by atoms with Gasteiger partial charge in [0, 0.05) is 60.3 Å². The van der Waals surface area contributed by atoms with Gasteiger partial charge in [0.05, 0.1) is 42.2 Å². The highest BCUT2D eigenvalue weighted by Crippen LogP contribution is 2.47. The Kier molecular flexibility index (Phi) is 9.72. The van der Waals surface area contributed by atoms with Crippen LogP contribution >= 0.6 is 23.2 Å². The molecular weight excluding hydrogens is 686 g/mol. The van der Waals surface area contributed by atoms with Gasteiger partial charge in [0.15, 0.2) is 5.65 Å². The van der Waals surface area contributed by atoms with Gasteiger partial charge in [-0.1, -0.05) is 29.8 Å². The van der Waals surface area contributed by atoms with E-state index in [9.17, 15) is 18.0 Å². The molecule has 3 aromatic heterocycles. The summed E-state index contributed by atoms with van der Waals surface area (Å²) in [6, 6.07) is 8.45. The topological polar surface area (TPSA) is 115 Å². The van der Waals surface area contributed by atoms with Crippen molar-refractivity contribution >= 4 is 63.1 Å². The molecule has 0 aliphatic carbocycles. The number of likely N-dealkylation sites (tertiary alicyclic amines) is 1. The number of aromatic nitrogens is 4. The van der Waals surface area contributed by atoms with E-state index in [0.717, 1.165) is 6.08 Å². The number of nitrogens with one attached hydrogen (secondary N) is 2. The second-order valence-corrected chi connectivity index (χ2v) is 11.9. The number of imidazole rings is 1. The summed E-state index contributed by atoms with van der Waals surface area (Å²) in [6.07, 6.45) is 2.46. The third-order valence-electron chi connectivity index (χ3n) is 7.97. The monoisotopic (exact) mass is 715 g/mol. The smallest absolute Gasteiger partial charge is 0.401 e. The number of alkyl halides is 3. The van der Waals surface area contributed by atoms with Gasteiger partial charge in [0.1, 0.15) is 29.0 Å². The predicted molar refractivity (Wildman–Crippen MR) is 182 cm³/mol. The predicted octanol–water partition coefficient (Wildman–Crippen LogP) is 7.54. The van der Waals surface area contributed by atoms with Gasteiger partial charge < -0.3 is 24.8 Å². The van der Waals surface area contributed by atoms with Gasteiger partial charge in [0.25, 0.3) is 0 Å². The van der Waals surface area contributed by atoms with Crippen LogP contribution < -0.4 is 24.8 Å². The molecule has 49 heavy (non-hydrogen) atoms. The molecule has 5 aromatic rings. The van der Waals surface area contributed by atoms with Gasteiger partial charge in [-0.05, 0) is 37.1 Å². The maximum absolute atomic E-state index is 12.8. The number of hydrogen-bond donors (Lipinski definition) is 2. The number of halogens is 5. The molecule has 0 spiro atoms. The van der Waals surface area contributed by atoms with Gasteiger partial charge in [-0.3, -0.25) is 14.1 Å². The van der Waals surface area contributed by atoms with Crippen LogP contribution in [-0.2, 0) is 4.79 Å². The van der Waals surface area contributed by atoms with Crippen LogP contribution in [0.25, 0.3) is 27.8 Å². The van der Waals surface area contributed by atoms with Crippen LogP contribution in [0.5, 0.6) is 17.2 Å². The van der Waals surface area contributed by atoms with E-state index in [1.54, 1.807) is 47.3 Å². The number of fused-ring (bicyclic) bond motifs is 3. The number of methoxy groups -OCH3 is 2. The molecule has 16 heteroatoms. The molecule has 1 aliphatic rings. The standard InChI is InChI=1S/C33H30Cl2F3N7O4/c1-4-26(46)41-23-14-20(49-19-7-10-44(11-8-19)17-33(36,37)38)5-6-22(23)42-32-40-16-18-13-21(31-39-9-12-45(31)30(18)43-32)27-28(34)24(47-2)15-25(48-3)29(27)35/h4-6,9,12-16,19H,1,7-8,10-11,17H2,2-3H3,(H,41,46)(H,40,42,43). The number of carbonyl (C=O) groups excluding carboxylic acids is 1. The maximum atomic E-state index is 12.8. The Morgan fingerprint density at radius 1 is 1.04 bits per heavy atom. The van der Waals surface area contributed by atoms with E-state index in [4.69, 9.17) is 42.4 Å². The molecule has 6 rings (SSSR count). The van der Waals surface area contributed by atoms with Crippen molar-refractivity contribution in [2.75, 3.05) is 44.5 Å². The van der Waals surface area contributed by atoms with Crippen molar-refractivity contribution in [1.29, 1.82) is 0 Å². The molecule has 1 aliphatic heterocycles. The van der Waals surface area contributed by atoms with Crippen LogP contribution in [0.15, 0.2) is 61.6 Å². The van der Waals surface area contributed by atoms with Crippen LogP contribution in [0.2, 0.25) is 10.0 Å². The lowest BCUT2D eigenvalue weighted by Gasteiger charge is -2.32. The van der Waals surface area contributed by atoms with E-state index in [2.05, 4.69) is 27.2 Å². The summed E-state index contributed by atoms with van der Waals surface area (Å²) < 4.78 is 57.2. The van der Waals surface area contributed by atoms with Crippen molar-refractivity contribution in [2.24, 2.45) is 0 Å². The summed E-state index contributed by atoms with van der Waals surface area (Å²) in [5.74, 6) is 0.951. The average Bonchev–Trinajstić information content (AvgIpc) is 3.57. The maximum Gasteiger partial charge on any atom is 0.401 e. The fourth-order valence-corrected chi connectivity index (χ4v) is 6.39. The van der Waals surface area contributed by atoms with Crippen LogP contribution in [0.1, 0.15) is 12.8 Å². The minimum Gasteiger partial charge on any atom is -0.495 e. The van der Waals surface area contributed by atoms with Crippen LogP contribution in [0.4, 0.5) is 30.5 Å². The molecule has 0 unspecified atom stereocenters. The minimum atomic E-state index is -4.24. The zero-order valence-corrected chi connectivity index (χ0v) is 27.8. The van der Waals surface area contributed by atoms with Crippen molar-refractivity contribution in [3.63, 3.8) is 0 Å². The van der Waals surface area contributed by atoms with E-state index in [1.165, 1.54) is 19.1 Å². The highest BCUT2D eigenvalue weighted by atomic mass is 35.5. The molecule has 0 saturated carbocycles. The van der Waals surface area contributed by atoms with Crippen molar-refractivity contribution in [3.05, 3.63) is 71.6 Å². The van der Waals surface area contributed by atoms with Crippen LogP contribution in [-0.4, -0.2) is 76.3 Å². The van der Waals surface area contributed by atoms with Crippen molar-refractivity contribution in [3.8, 4) is 28.4 Å². The summed E-state index contributed by atoms with van der Waals surface area (Å²) in [4.78, 5) is 27.5. The second-order valence-electron chi connectivity index (χ2n) is 11.2. The van der Waals surface area contributed by atoms with Gasteiger partial charge >= 0.3 is 6.18 Å². The quantitative estimate of drug-likeness (QED) is 0.142. The van der Waals surface area contributed by atoms with E-state index in [1.807, 2.05) is 6.07 Å². The minimum absolute atomic E-state index is 0.217. The zero-order chi connectivity index (χ0) is 34.9. The van der Waals surface area contributed by atoms with Gasteiger partial charge in [-0.25, -0.2) is 9.97 Å². The summed E-state index contributed by atoms with van der Waals surface area (Å²) >= 11 is 13.5. The Labute approximate surface area is 288 Å². The molecule has 4 heterocycles. The van der Waals surface area contributed by atoms with E-state index in [-0.39, 0.29) is 35.2 Å². The van der Waals surface area contributed by atoms with Gasteiger partial charge in [-0.15, -0.1) is 0 Å². The Morgan fingerprint density at radius 2 is 1.76 bits per heavy atom. The van der Waals surface area contributed by atoms with E-state index >= 15 is 0 Å². The molecule has 256 valence electrons. The molecule has 0 atom stereocenters. The first-order chi connectivity index (χ1) is 23.5. The third kappa shape index (κ3) is 7.31. The molecule has 1 fully saturated rings. The number of nitrogens with zero attached hydrogens (tertiary/aromatic N) is 5. The number of pyridine rings is 1. The first kappa shape index (κ1) is 34.1. The fourth-order valence-electron chi connectivity index (χ4n) is 5.68. The number of ether oxygens (including phenoxy) is 3. The average molecular weight is 717 g/mol.